The van der Waals surface area contributed by atoms with Crippen molar-refractivity contribution in [1.82, 2.24) is 10.2 Å². The summed E-state index contributed by atoms with van der Waals surface area (Å²) in [6.07, 6.45) is 0. The first-order valence-corrected chi connectivity index (χ1v) is 11.1. The van der Waals surface area contributed by atoms with E-state index in [2.05, 4.69) is 27.7 Å². The van der Waals surface area contributed by atoms with Gasteiger partial charge in [-0.25, -0.2) is 0 Å². The number of benzene rings is 1. The molecule has 1 aromatic carbocycles. The molecule has 0 radical (unpaired) electrons. The predicted molar refractivity (Wildman–Crippen MR) is 110 cm³/mol. The van der Waals surface area contributed by atoms with Crippen LogP contribution in [-0.2, 0) is 15.3 Å². The quantitative estimate of drug-likeness (QED) is 0.718. The van der Waals surface area contributed by atoms with Crippen LogP contribution in [0, 0.1) is 0 Å². The van der Waals surface area contributed by atoms with Crippen LogP contribution < -0.4 is 5.32 Å². The molecule has 4 nitrogen and oxygen atoms in total. The second kappa shape index (κ2) is 10.3. The number of hydrogen-bond acceptors (Lipinski definition) is 5. The lowest BCUT2D eigenvalue weighted by molar-refractivity contribution is -0.118. The monoisotopic (exact) mass is 410 g/mol. The molecule has 1 aromatic heterocycles. The van der Waals surface area contributed by atoms with Gasteiger partial charge < -0.3 is 10.1 Å². The highest BCUT2D eigenvalue weighted by Crippen LogP contribution is 2.25. The number of hydrogen-bond donors (Lipinski definition) is 1. The first-order chi connectivity index (χ1) is 12.7. The number of thioether (sulfide) groups is 1. The first-order valence-electron chi connectivity index (χ1n) is 8.66. The second-order valence-electron chi connectivity index (χ2n) is 6.10. The van der Waals surface area contributed by atoms with Crippen LogP contribution in [0.3, 0.4) is 0 Å². The Kier molecular flexibility index (Phi) is 7.83. The number of amides is 1. The highest BCUT2D eigenvalue weighted by Gasteiger charge is 2.23. The molecular weight excluding hydrogens is 388 g/mol. The van der Waals surface area contributed by atoms with Crippen molar-refractivity contribution in [2.75, 3.05) is 38.6 Å². The minimum Gasteiger partial charge on any atom is -0.379 e. The molecule has 2 aromatic rings. The van der Waals surface area contributed by atoms with E-state index in [1.54, 1.807) is 23.1 Å². The molecule has 0 unspecified atom stereocenters. The standard InChI is InChI=1S/C19H23ClN2O2S2/c20-16-5-3-15(4-6-16)13-25-14-19(23)21-12-17(18-2-1-11-26-18)22-7-9-24-10-8-22/h1-6,11,17H,7-10,12-14H2,(H,21,23)/t17-/m1/s1. The second-order valence-corrected chi connectivity index (χ2v) is 8.50. The van der Waals surface area contributed by atoms with Gasteiger partial charge in [-0.2, -0.15) is 0 Å². The number of nitrogens with one attached hydrogen (secondary N) is 1. The third-order valence-corrected chi connectivity index (χ3v) is 6.50. The number of halogens is 1. The molecule has 7 heteroatoms. The minimum absolute atomic E-state index is 0.0822. The fourth-order valence-electron chi connectivity index (χ4n) is 2.88. The van der Waals surface area contributed by atoms with Gasteiger partial charge in [0.25, 0.3) is 0 Å². The molecule has 1 aliphatic rings. The molecule has 1 fully saturated rings. The molecule has 0 spiro atoms. The van der Waals surface area contributed by atoms with Crippen molar-refractivity contribution >= 4 is 40.6 Å². The van der Waals surface area contributed by atoms with Gasteiger partial charge in [0, 0.05) is 35.3 Å². The van der Waals surface area contributed by atoms with Crippen molar-refractivity contribution in [1.29, 1.82) is 0 Å². The van der Waals surface area contributed by atoms with Crippen LogP contribution in [0.2, 0.25) is 5.02 Å². The van der Waals surface area contributed by atoms with Gasteiger partial charge in [0.05, 0.1) is 25.0 Å². The van der Waals surface area contributed by atoms with E-state index in [9.17, 15) is 4.79 Å². The van der Waals surface area contributed by atoms with Gasteiger partial charge >= 0.3 is 0 Å². The van der Waals surface area contributed by atoms with Crippen LogP contribution in [0.1, 0.15) is 16.5 Å². The maximum atomic E-state index is 12.3. The number of nitrogens with zero attached hydrogens (tertiary/aromatic N) is 1. The molecule has 1 amide bonds. The molecule has 1 atom stereocenters. The summed E-state index contributed by atoms with van der Waals surface area (Å²) in [6.45, 7) is 3.97. The van der Waals surface area contributed by atoms with E-state index in [4.69, 9.17) is 16.3 Å². The average molecular weight is 411 g/mol. The van der Waals surface area contributed by atoms with Gasteiger partial charge in [-0.1, -0.05) is 29.8 Å². The van der Waals surface area contributed by atoms with E-state index in [1.165, 1.54) is 10.4 Å². The minimum atomic E-state index is 0.0822. The Bertz CT molecular complexity index is 673. The lowest BCUT2D eigenvalue weighted by Crippen LogP contribution is -2.43. The summed E-state index contributed by atoms with van der Waals surface area (Å²) in [5.41, 5.74) is 1.18. The summed E-state index contributed by atoms with van der Waals surface area (Å²) in [5, 5.41) is 5.93. The Labute approximate surface area is 167 Å². The Morgan fingerprint density at radius 2 is 2.04 bits per heavy atom. The van der Waals surface area contributed by atoms with Gasteiger partial charge in [-0.15, -0.1) is 23.1 Å². The van der Waals surface area contributed by atoms with Crippen molar-refractivity contribution in [3.8, 4) is 0 Å². The van der Waals surface area contributed by atoms with Gasteiger partial charge in [-0.3, -0.25) is 9.69 Å². The summed E-state index contributed by atoms with van der Waals surface area (Å²) < 4.78 is 5.46. The number of carbonyl (C=O) groups excluding carboxylic acids is 1. The Morgan fingerprint density at radius 1 is 1.27 bits per heavy atom. The molecule has 0 saturated carbocycles. The van der Waals surface area contributed by atoms with E-state index in [-0.39, 0.29) is 11.9 Å². The van der Waals surface area contributed by atoms with Crippen LogP contribution in [0.25, 0.3) is 0 Å². The zero-order chi connectivity index (χ0) is 18.2. The Morgan fingerprint density at radius 3 is 2.73 bits per heavy atom. The summed E-state index contributed by atoms with van der Waals surface area (Å²) in [5.74, 6) is 1.35. The number of morpholine rings is 1. The lowest BCUT2D eigenvalue weighted by Gasteiger charge is -2.34. The number of ether oxygens (including phenoxy) is 1. The molecule has 2 heterocycles. The highest BCUT2D eigenvalue weighted by atomic mass is 35.5. The summed E-state index contributed by atoms with van der Waals surface area (Å²) in [6, 6.07) is 12.2. The number of carbonyl (C=O) groups is 1. The van der Waals surface area contributed by atoms with E-state index in [0.717, 1.165) is 37.1 Å². The van der Waals surface area contributed by atoms with Crippen molar-refractivity contribution in [2.24, 2.45) is 0 Å². The largest absolute Gasteiger partial charge is 0.379 e. The predicted octanol–water partition coefficient (Wildman–Crippen LogP) is 3.82. The average Bonchev–Trinajstić information content (AvgIpc) is 3.19. The van der Waals surface area contributed by atoms with Crippen LogP contribution in [0.15, 0.2) is 41.8 Å². The fraction of sp³-hybridized carbons (Fsp3) is 0.421. The van der Waals surface area contributed by atoms with Crippen molar-refractivity contribution in [2.45, 2.75) is 11.8 Å². The lowest BCUT2D eigenvalue weighted by atomic mass is 10.2. The van der Waals surface area contributed by atoms with Crippen molar-refractivity contribution in [3.63, 3.8) is 0 Å². The molecule has 3 rings (SSSR count). The molecule has 26 heavy (non-hydrogen) atoms. The topological polar surface area (TPSA) is 41.6 Å². The van der Waals surface area contributed by atoms with Gasteiger partial charge in [0.2, 0.25) is 5.91 Å². The molecule has 140 valence electrons. The smallest absolute Gasteiger partial charge is 0.230 e. The van der Waals surface area contributed by atoms with Crippen LogP contribution in [-0.4, -0.2) is 49.4 Å². The Balaban J connectivity index is 1.45. The van der Waals surface area contributed by atoms with Gasteiger partial charge in [0.15, 0.2) is 0 Å². The zero-order valence-corrected chi connectivity index (χ0v) is 16.9. The van der Waals surface area contributed by atoms with E-state index in [0.29, 0.717) is 12.3 Å². The maximum Gasteiger partial charge on any atom is 0.230 e. The third kappa shape index (κ3) is 5.99. The molecular formula is C19H23ClN2O2S2. The van der Waals surface area contributed by atoms with Crippen LogP contribution >= 0.6 is 34.7 Å². The maximum absolute atomic E-state index is 12.3. The molecule has 0 bridgehead atoms. The third-order valence-electron chi connectivity index (χ3n) is 4.27. The SMILES string of the molecule is O=C(CSCc1ccc(Cl)cc1)NC[C@H](c1cccs1)N1CCOCC1. The van der Waals surface area contributed by atoms with Crippen LogP contribution in [0.5, 0.6) is 0 Å². The van der Waals surface area contributed by atoms with Crippen molar-refractivity contribution < 1.29 is 9.53 Å². The molecule has 1 saturated heterocycles. The van der Waals surface area contributed by atoms with Crippen molar-refractivity contribution in [3.05, 3.63) is 57.2 Å². The molecule has 1 aliphatic heterocycles. The normalized spacial score (nSPS) is 16.3. The summed E-state index contributed by atoms with van der Waals surface area (Å²) in [7, 11) is 0. The number of thiophene rings is 1. The summed E-state index contributed by atoms with van der Waals surface area (Å²) in [4.78, 5) is 15.9. The fourth-order valence-corrected chi connectivity index (χ4v) is 4.69. The van der Waals surface area contributed by atoms with E-state index in [1.807, 2.05) is 24.3 Å². The van der Waals surface area contributed by atoms with Crippen LogP contribution in [0.4, 0.5) is 0 Å². The molecule has 1 N–H and O–H groups in total. The number of rotatable bonds is 8. The highest BCUT2D eigenvalue weighted by molar-refractivity contribution is 7.99. The first kappa shape index (κ1) is 19.7. The Hall–Kier alpha value is -1.05. The molecule has 0 aliphatic carbocycles. The summed E-state index contributed by atoms with van der Waals surface area (Å²) >= 11 is 9.25. The zero-order valence-electron chi connectivity index (χ0n) is 14.5. The van der Waals surface area contributed by atoms with Gasteiger partial charge in [0.1, 0.15) is 0 Å². The van der Waals surface area contributed by atoms with E-state index < -0.39 is 0 Å². The van der Waals surface area contributed by atoms with Gasteiger partial charge in [-0.05, 0) is 29.1 Å². The van der Waals surface area contributed by atoms with E-state index >= 15 is 0 Å².